The average molecular weight is 253 g/mol. The summed E-state index contributed by atoms with van der Waals surface area (Å²) < 4.78 is 26.3. The van der Waals surface area contributed by atoms with Gasteiger partial charge in [-0.1, -0.05) is 37.3 Å². The van der Waals surface area contributed by atoms with Gasteiger partial charge in [0.05, 0.1) is 5.75 Å². The van der Waals surface area contributed by atoms with E-state index >= 15 is 0 Å². The quantitative estimate of drug-likeness (QED) is 0.780. The van der Waals surface area contributed by atoms with Gasteiger partial charge in [0.15, 0.2) is 0 Å². The molecule has 0 aromatic heterocycles. The highest BCUT2D eigenvalue weighted by Gasteiger charge is 2.36. The average Bonchev–Trinajstić information content (AvgIpc) is 3.10. The van der Waals surface area contributed by atoms with E-state index in [1.165, 1.54) is 0 Å². The van der Waals surface area contributed by atoms with Crippen molar-refractivity contribution in [1.29, 1.82) is 0 Å². The van der Waals surface area contributed by atoms with Crippen LogP contribution in [0.1, 0.15) is 31.7 Å². The standard InChI is InChI=1S/C13H19NO2S/c1-2-10-14(13-8-9-13)17(15,16)11-12-6-4-3-5-7-12/h3-7,13H,2,8-11H2,1H3. The Morgan fingerprint density at radius 1 is 1.24 bits per heavy atom. The van der Waals surface area contributed by atoms with Gasteiger partial charge in [-0.3, -0.25) is 0 Å². The Kier molecular flexibility index (Phi) is 3.84. The van der Waals surface area contributed by atoms with E-state index in [1.54, 1.807) is 4.31 Å². The van der Waals surface area contributed by atoms with Crippen molar-refractivity contribution >= 4 is 10.0 Å². The van der Waals surface area contributed by atoms with Gasteiger partial charge < -0.3 is 0 Å². The van der Waals surface area contributed by atoms with Crippen LogP contribution < -0.4 is 0 Å². The molecule has 94 valence electrons. The van der Waals surface area contributed by atoms with E-state index in [9.17, 15) is 8.42 Å². The molecule has 0 amide bonds. The largest absolute Gasteiger partial charge is 0.218 e. The molecule has 0 saturated heterocycles. The molecule has 1 aromatic carbocycles. The van der Waals surface area contributed by atoms with Crippen molar-refractivity contribution in [2.45, 2.75) is 38.0 Å². The summed E-state index contributed by atoms with van der Waals surface area (Å²) >= 11 is 0. The molecule has 0 atom stereocenters. The Labute approximate surface area is 104 Å². The van der Waals surface area contributed by atoms with Gasteiger partial charge >= 0.3 is 0 Å². The molecule has 0 radical (unpaired) electrons. The molecule has 0 aliphatic heterocycles. The molecular formula is C13H19NO2S. The van der Waals surface area contributed by atoms with Crippen LogP contribution in [0.3, 0.4) is 0 Å². The van der Waals surface area contributed by atoms with Crippen LogP contribution in [0.5, 0.6) is 0 Å². The Balaban J connectivity index is 2.11. The van der Waals surface area contributed by atoms with Crippen molar-refractivity contribution in [3.63, 3.8) is 0 Å². The molecule has 0 heterocycles. The molecule has 0 N–H and O–H groups in total. The molecule has 2 rings (SSSR count). The number of hydrogen-bond acceptors (Lipinski definition) is 2. The van der Waals surface area contributed by atoms with E-state index in [0.717, 1.165) is 24.8 Å². The highest BCUT2D eigenvalue weighted by atomic mass is 32.2. The highest BCUT2D eigenvalue weighted by Crippen LogP contribution is 2.30. The van der Waals surface area contributed by atoms with Gasteiger partial charge in [-0.25, -0.2) is 8.42 Å². The van der Waals surface area contributed by atoms with Gasteiger partial charge in [-0.15, -0.1) is 0 Å². The van der Waals surface area contributed by atoms with E-state index in [-0.39, 0.29) is 11.8 Å². The second kappa shape index (κ2) is 5.19. The Morgan fingerprint density at radius 2 is 1.88 bits per heavy atom. The fourth-order valence-corrected chi connectivity index (χ4v) is 3.90. The minimum atomic E-state index is -3.14. The molecule has 1 saturated carbocycles. The van der Waals surface area contributed by atoms with E-state index in [2.05, 4.69) is 0 Å². The normalized spacial score (nSPS) is 16.4. The molecule has 1 aromatic rings. The van der Waals surface area contributed by atoms with Crippen LogP contribution >= 0.6 is 0 Å². The molecule has 0 bridgehead atoms. The predicted molar refractivity (Wildman–Crippen MR) is 69.1 cm³/mol. The third kappa shape index (κ3) is 3.30. The second-order valence-electron chi connectivity index (χ2n) is 4.58. The molecule has 0 unspecified atom stereocenters. The van der Waals surface area contributed by atoms with Gasteiger partial charge in [0.25, 0.3) is 0 Å². The number of rotatable bonds is 6. The van der Waals surface area contributed by atoms with Gasteiger partial charge in [0.1, 0.15) is 0 Å². The summed E-state index contributed by atoms with van der Waals surface area (Å²) in [6.45, 7) is 2.67. The summed E-state index contributed by atoms with van der Waals surface area (Å²) in [4.78, 5) is 0. The fourth-order valence-electron chi connectivity index (χ4n) is 2.00. The monoisotopic (exact) mass is 253 g/mol. The van der Waals surface area contributed by atoms with Crippen LogP contribution in [-0.4, -0.2) is 25.3 Å². The second-order valence-corrected chi connectivity index (χ2v) is 6.51. The molecule has 3 nitrogen and oxygen atoms in total. The first-order valence-electron chi connectivity index (χ1n) is 6.17. The van der Waals surface area contributed by atoms with Crippen molar-refractivity contribution in [3.05, 3.63) is 35.9 Å². The first-order chi connectivity index (χ1) is 8.13. The molecule has 17 heavy (non-hydrogen) atoms. The number of hydrogen-bond donors (Lipinski definition) is 0. The lowest BCUT2D eigenvalue weighted by molar-refractivity contribution is 0.402. The van der Waals surface area contributed by atoms with E-state index in [4.69, 9.17) is 0 Å². The summed E-state index contributed by atoms with van der Waals surface area (Å²) in [5, 5.41) is 0. The smallest absolute Gasteiger partial charge is 0.212 e. The third-order valence-corrected chi connectivity index (χ3v) is 4.84. The summed E-state index contributed by atoms with van der Waals surface area (Å²) in [6, 6.07) is 9.67. The van der Waals surface area contributed by atoms with Crippen molar-refractivity contribution in [2.24, 2.45) is 0 Å². The third-order valence-electron chi connectivity index (χ3n) is 2.95. The topological polar surface area (TPSA) is 37.4 Å². The van der Waals surface area contributed by atoms with Crippen LogP contribution in [-0.2, 0) is 15.8 Å². The summed E-state index contributed by atoms with van der Waals surface area (Å²) in [6.07, 6.45) is 2.92. The molecule has 1 aliphatic carbocycles. The summed E-state index contributed by atoms with van der Waals surface area (Å²) in [5.74, 6) is 0.129. The number of nitrogens with zero attached hydrogens (tertiary/aromatic N) is 1. The maximum atomic E-state index is 12.3. The van der Waals surface area contributed by atoms with Crippen LogP contribution in [0.2, 0.25) is 0 Å². The Bertz CT molecular complexity index is 452. The molecule has 4 heteroatoms. The lowest BCUT2D eigenvalue weighted by Gasteiger charge is -2.21. The maximum Gasteiger partial charge on any atom is 0.218 e. The predicted octanol–water partition coefficient (Wildman–Crippen LogP) is 2.39. The zero-order valence-electron chi connectivity index (χ0n) is 10.2. The number of sulfonamides is 1. The molecule has 1 fully saturated rings. The van der Waals surface area contributed by atoms with E-state index < -0.39 is 10.0 Å². The van der Waals surface area contributed by atoms with Crippen molar-refractivity contribution in [3.8, 4) is 0 Å². The zero-order chi connectivity index (χ0) is 12.3. The molecular weight excluding hydrogens is 234 g/mol. The van der Waals surface area contributed by atoms with Gasteiger partial charge in [0.2, 0.25) is 10.0 Å². The molecule has 0 spiro atoms. The van der Waals surface area contributed by atoms with Crippen LogP contribution in [0.25, 0.3) is 0 Å². The van der Waals surface area contributed by atoms with Crippen molar-refractivity contribution < 1.29 is 8.42 Å². The van der Waals surface area contributed by atoms with E-state index in [1.807, 2.05) is 37.3 Å². The Hall–Kier alpha value is -0.870. The van der Waals surface area contributed by atoms with Gasteiger partial charge in [0, 0.05) is 12.6 Å². The van der Waals surface area contributed by atoms with E-state index in [0.29, 0.717) is 6.54 Å². The van der Waals surface area contributed by atoms with Crippen LogP contribution in [0.4, 0.5) is 0 Å². The van der Waals surface area contributed by atoms with Crippen LogP contribution in [0, 0.1) is 0 Å². The maximum absolute atomic E-state index is 12.3. The van der Waals surface area contributed by atoms with Crippen molar-refractivity contribution in [2.75, 3.05) is 6.54 Å². The van der Waals surface area contributed by atoms with Gasteiger partial charge in [-0.05, 0) is 24.8 Å². The zero-order valence-corrected chi connectivity index (χ0v) is 11.0. The summed E-state index contributed by atoms with van der Waals surface area (Å²) in [5.41, 5.74) is 0.870. The minimum Gasteiger partial charge on any atom is -0.212 e. The lowest BCUT2D eigenvalue weighted by Crippen LogP contribution is -2.34. The van der Waals surface area contributed by atoms with Crippen molar-refractivity contribution in [1.82, 2.24) is 4.31 Å². The minimum absolute atomic E-state index is 0.129. The highest BCUT2D eigenvalue weighted by molar-refractivity contribution is 7.88. The first-order valence-corrected chi connectivity index (χ1v) is 7.78. The number of benzene rings is 1. The SMILES string of the molecule is CCCN(C1CC1)S(=O)(=O)Cc1ccccc1. The summed E-state index contributed by atoms with van der Waals surface area (Å²) in [7, 11) is -3.14. The molecule has 1 aliphatic rings. The van der Waals surface area contributed by atoms with Crippen LogP contribution in [0.15, 0.2) is 30.3 Å². The van der Waals surface area contributed by atoms with Gasteiger partial charge in [-0.2, -0.15) is 4.31 Å². The fraction of sp³-hybridized carbons (Fsp3) is 0.538. The Morgan fingerprint density at radius 3 is 2.41 bits per heavy atom. The lowest BCUT2D eigenvalue weighted by atomic mass is 10.2. The first kappa shape index (κ1) is 12.6.